The minimum absolute atomic E-state index is 0.103. The Morgan fingerprint density at radius 1 is 1.26 bits per heavy atom. The number of piperidine rings is 1. The number of amides is 2. The van der Waals surface area contributed by atoms with Crippen molar-refractivity contribution in [3.05, 3.63) is 46.6 Å². The molecule has 1 aliphatic carbocycles. The normalized spacial score (nSPS) is 22.0. The fourth-order valence-electron chi connectivity index (χ4n) is 5.12. The zero-order valence-corrected chi connectivity index (χ0v) is 21.4. The number of aromatic amines is 1. The second-order valence-electron chi connectivity index (χ2n) is 8.88. The second-order valence-corrected chi connectivity index (χ2v) is 10.6. The van der Waals surface area contributed by atoms with Crippen LogP contribution < -0.4 is 15.8 Å². The lowest BCUT2D eigenvalue weighted by Crippen LogP contribution is -2.53. The van der Waals surface area contributed by atoms with Crippen LogP contribution in [-0.4, -0.2) is 49.2 Å². The van der Waals surface area contributed by atoms with Crippen LogP contribution in [0.1, 0.15) is 18.4 Å². The maximum absolute atomic E-state index is 13.2. The molecule has 5 rings (SSSR count). The molecule has 2 bridgehead atoms. The number of aromatic nitrogens is 4. The fourth-order valence-corrected chi connectivity index (χ4v) is 6.99. The number of aryl methyl sites for hydroxylation is 1. The zero-order valence-electron chi connectivity index (χ0n) is 18.4. The number of hydrogen-bond acceptors (Lipinski definition) is 6. The van der Waals surface area contributed by atoms with E-state index in [-0.39, 0.29) is 17.9 Å². The number of rotatable bonds is 4. The van der Waals surface area contributed by atoms with Crippen molar-refractivity contribution in [1.29, 1.82) is 0 Å². The highest BCUT2D eigenvalue weighted by atomic mass is 127. The van der Waals surface area contributed by atoms with Crippen molar-refractivity contribution in [2.45, 2.75) is 25.1 Å². The summed E-state index contributed by atoms with van der Waals surface area (Å²) in [4.78, 5) is 32.3. The molecule has 2 aliphatic rings. The lowest BCUT2D eigenvalue weighted by Gasteiger charge is -2.42. The first kappa shape index (κ1) is 24.2. The molecule has 1 saturated heterocycles. The maximum atomic E-state index is 13.2. The van der Waals surface area contributed by atoms with Gasteiger partial charge in [0.1, 0.15) is 5.69 Å². The molecule has 1 saturated carbocycles. The van der Waals surface area contributed by atoms with Crippen LogP contribution in [0.15, 0.2) is 35.5 Å². The number of carbonyl (C=O) groups excluding carboxylic acids is 1. The molecular formula is C21H21F3IN7O2S. The number of halogens is 4. The number of fused-ring (bicyclic) bond motifs is 3. The number of anilines is 2. The fraction of sp³-hybridized carbons (Fsp3) is 0.429. The Labute approximate surface area is 214 Å². The third kappa shape index (κ3) is 4.57. The standard InChI is InChI=1S/C21H21F3IN7O2S/c1-30-10-14(21(22,23)24)5-16(19(30)33)28-20(34)32(35-25)17-11-2-3-12(17)9-31(8-11)15-4-13-6-27-29-18(13)26-7-15/h4-7,10-12,17H,2-3,8-9H2,1H3,(H,28,34)(H,26,27,29). The molecule has 2 fully saturated rings. The molecule has 0 radical (unpaired) electrons. The van der Waals surface area contributed by atoms with Crippen LogP contribution in [0.2, 0.25) is 0 Å². The Hall–Kier alpha value is -2.49. The topological polar surface area (TPSA) is 99.2 Å². The molecule has 0 aromatic carbocycles. The summed E-state index contributed by atoms with van der Waals surface area (Å²) in [5.41, 5.74) is -0.395. The molecule has 3 aromatic heterocycles. The number of nitrogens with one attached hydrogen (secondary N) is 2. The zero-order chi connectivity index (χ0) is 24.9. The number of H-pyrrole nitrogens is 1. The molecule has 3 aromatic rings. The Balaban J connectivity index is 1.35. The first-order valence-electron chi connectivity index (χ1n) is 10.9. The molecular weight excluding hydrogens is 598 g/mol. The summed E-state index contributed by atoms with van der Waals surface area (Å²) in [5.74, 6) is 0.345. The van der Waals surface area contributed by atoms with Gasteiger partial charge in [-0.25, -0.2) is 9.78 Å². The van der Waals surface area contributed by atoms with E-state index in [9.17, 15) is 22.8 Å². The average Bonchev–Trinajstić information content (AvgIpc) is 3.37. The maximum Gasteiger partial charge on any atom is 0.417 e. The number of pyridine rings is 2. The van der Waals surface area contributed by atoms with Crippen molar-refractivity contribution in [2.75, 3.05) is 23.3 Å². The van der Waals surface area contributed by atoms with Gasteiger partial charge in [-0.05, 0) is 36.8 Å². The Kier molecular flexibility index (Phi) is 6.35. The summed E-state index contributed by atoms with van der Waals surface area (Å²) < 4.78 is 42.1. The largest absolute Gasteiger partial charge is 0.417 e. The van der Waals surface area contributed by atoms with E-state index in [0.717, 1.165) is 47.2 Å². The van der Waals surface area contributed by atoms with Gasteiger partial charge in [0.2, 0.25) is 0 Å². The molecule has 14 heteroatoms. The van der Waals surface area contributed by atoms with E-state index < -0.39 is 29.0 Å². The first-order valence-corrected chi connectivity index (χ1v) is 14.2. The Morgan fingerprint density at radius 2 is 1.97 bits per heavy atom. The second kappa shape index (κ2) is 9.19. The predicted octanol–water partition coefficient (Wildman–Crippen LogP) is 4.42. The number of hydrogen-bond donors (Lipinski definition) is 2. The molecule has 186 valence electrons. The molecule has 35 heavy (non-hydrogen) atoms. The summed E-state index contributed by atoms with van der Waals surface area (Å²) in [6.07, 6.45) is 1.47. The van der Waals surface area contributed by atoms with Gasteiger partial charge in [-0.3, -0.25) is 14.2 Å². The molecule has 1 aliphatic heterocycles. The third-order valence-corrected chi connectivity index (χ3v) is 8.55. The lowest BCUT2D eigenvalue weighted by molar-refractivity contribution is -0.138. The van der Waals surface area contributed by atoms with Crippen molar-refractivity contribution in [2.24, 2.45) is 18.9 Å². The highest BCUT2D eigenvalue weighted by Crippen LogP contribution is 2.44. The summed E-state index contributed by atoms with van der Waals surface area (Å²) in [6, 6.07) is 2.02. The van der Waals surface area contributed by atoms with Gasteiger partial charge in [0, 0.05) is 62.0 Å². The van der Waals surface area contributed by atoms with E-state index in [0.29, 0.717) is 12.3 Å². The van der Waals surface area contributed by atoms with Crippen LogP contribution in [-0.2, 0) is 13.2 Å². The highest BCUT2D eigenvalue weighted by Gasteiger charge is 2.47. The van der Waals surface area contributed by atoms with E-state index in [1.165, 1.54) is 16.2 Å². The van der Waals surface area contributed by atoms with Crippen molar-refractivity contribution >= 4 is 58.8 Å². The number of nitrogens with zero attached hydrogens (tertiary/aromatic N) is 5. The lowest BCUT2D eigenvalue weighted by atomic mass is 9.92. The van der Waals surface area contributed by atoms with Gasteiger partial charge >= 0.3 is 12.2 Å². The average molecular weight is 619 g/mol. The van der Waals surface area contributed by atoms with Gasteiger partial charge < -0.3 is 14.8 Å². The van der Waals surface area contributed by atoms with Crippen LogP contribution in [0.5, 0.6) is 0 Å². The first-order chi connectivity index (χ1) is 16.7. The SMILES string of the molecule is Cn1cc(C(F)(F)F)cc(NC(=O)N(SI)C2C3CCC2CN(c2cnc4[nH]ncc4c2)C3)c1=O. The van der Waals surface area contributed by atoms with E-state index in [1.807, 2.05) is 27.3 Å². The van der Waals surface area contributed by atoms with Gasteiger partial charge in [0.25, 0.3) is 5.56 Å². The van der Waals surface area contributed by atoms with Crippen molar-refractivity contribution in [3.8, 4) is 0 Å². The quantitative estimate of drug-likeness (QED) is 0.332. The molecule has 2 amide bonds. The summed E-state index contributed by atoms with van der Waals surface area (Å²) in [6.45, 7) is 1.44. The van der Waals surface area contributed by atoms with E-state index in [2.05, 4.69) is 25.4 Å². The van der Waals surface area contributed by atoms with Crippen molar-refractivity contribution in [1.82, 2.24) is 24.1 Å². The van der Waals surface area contributed by atoms with Crippen molar-refractivity contribution < 1.29 is 18.0 Å². The van der Waals surface area contributed by atoms with Crippen LogP contribution in [0.25, 0.3) is 11.0 Å². The smallest absolute Gasteiger partial charge is 0.370 e. The van der Waals surface area contributed by atoms with Crippen molar-refractivity contribution in [3.63, 3.8) is 0 Å². The molecule has 2 unspecified atom stereocenters. The molecule has 9 nitrogen and oxygen atoms in total. The predicted molar refractivity (Wildman–Crippen MR) is 135 cm³/mol. The summed E-state index contributed by atoms with van der Waals surface area (Å²) >= 11 is 2.00. The molecule has 0 spiro atoms. The molecule has 2 atom stereocenters. The Bertz CT molecular complexity index is 1320. The van der Waals surface area contributed by atoms with Gasteiger partial charge in [-0.2, -0.15) is 18.3 Å². The van der Waals surface area contributed by atoms with E-state index >= 15 is 0 Å². The molecule has 4 heterocycles. The number of carbonyl (C=O) groups is 1. The third-order valence-electron chi connectivity index (χ3n) is 6.72. The number of alkyl halides is 3. The molecule has 2 N–H and O–H groups in total. The van der Waals surface area contributed by atoms with E-state index in [1.54, 1.807) is 16.7 Å². The van der Waals surface area contributed by atoms with Crippen LogP contribution >= 0.6 is 30.3 Å². The van der Waals surface area contributed by atoms with Gasteiger partial charge in [-0.15, -0.1) is 0 Å². The van der Waals surface area contributed by atoms with Crippen LogP contribution in [0, 0.1) is 11.8 Å². The summed E-state index contributed by atoms with van der Waals surface area (Å²) in [5, 5.41) is 10.2. The van der Waals surface area contributed by atoms with Gasteiger partial charge in [-0.1, -0.05) is 0 Å². The van der Waals surface area contributed by atoms with Crippen LogP contribution in [0.4, 0.5) is 29.3 Å². The monoisotopic (exact) mass is 619 g/mol. The minimum Gasteiger partial charge on any atom is -0.370 e. The Morgan fingerprint density at radius 3 is 2.63 bits per heavy atom. The van der Waals surface area contributed by atoms with E-state index in [4.69, 9.17) is 0 Å². The van der Waals surface area contributed by atoms with Crippen LogP contribution in [0.3, 0.4) is 0 Å². The van der Waals surface area contributed by atoms with Gasteiger partial charge in [0.15, 0.2) is 5.65 Å². The number of urea groups is 1. The minimum atomic E-state index is -4.64. The highest BCUT2D eigenvalue weighted by molar-refractivity contribution is 14.2. The summed E-state index contributed by atoms with van der Waals surface area (Å²) in [7, 11) is 2.41. The van der Waals surface area contributed by atoms with Gasteiger partial charge in [0.05, 0.1) is 29.7 Å².